The van der Waals surface area contributed by atoms with Crippen LogP contribution < -0.4 is 11.1 Å². The average molecular weight is 223 g/mol. The molecule has 16 heavy (non-hydrogen) atoms. The molecular weight excluding hydrogens is 202 g/mol. The SMILES string of the molecule is CCCN=C(N)NCCCc1cnn(C)c1. The fourth-order valence-corrected chi connectivity index (χ4v) is 1.40. The van der Waals surface area contributed by atoms with Gasteiger partial charge in [0.05, 0.1) is 6.20 Å². The molecule has 0 radical (unpaired) electrons. The zero-order valence-corrected chi connectivity index (χ0v) is 10.1. The second kappa shape index (κ2) is 6.87. The predicted octanol–water partition coefficient (Wildman–Crippen LogP) is 0.667. The Hall–Kier alpha value is -1.52. The van der Waals surface area contributed by atoms with Gasteiger partial charge in [0, 0.05) is 26.3 Å². The van der Waals surface area contributed by atoms with Crippen LogP contribution in [0.15, 0.2) is 17.4 Å². The number of nitrogens with one attached hydrogen (secondary N) is 1. The van der Waals surface area contributed by atoms with E-state index in [0.29, 0.717) is 5.96 Å². The van der Waals surface area contributed by atoms with Crippen molar-refractivity contribution >= 4 is 5.96 Å². The monoisotopic (exact) mass is 223 g/mol. The van der Waals surface area contributed by atoms with Crippen LogP contribution in [0.4, 0.5) is 0 Å². The Bertz CT molecular complexity index is 329. The van der Waals surface area contributed by atoms with Crippen molar-refractivity contribution in [2.24, 2.45) is 17.8 Å². The Kier molecular flexibility index (Phi) is 5.39. The van der Waals surface area contributed by atoms with Crippen LogP contribution in [0.5, 0.6) is 0 Å². The fraction of sp³-hybridized carbons (Fsp3) is 0.636. The van der Waals surface area contributed by atoms with Crippen molar-refractivity contribution in [1.82, 2.24) is 15.1 Å². The predicted molar refractivity (Wildman–Crippen MR) is 66.3 cm³/mol. The van der Waals surface area contributed by atoms with E-state index in [9.17, 15) is 0 Å². The molecule has 0 saturated heterocycles. The number of hydrogen-bond acceptors (Lipinski definition) is 2. The molecule has 0 fully saturated rings. The zero-order chi connectivity index (χ0) is 11.8. The first-order chi connectivity index (χ1) is 7.72. The largest absolute Gasteiger partial charge is 0.370 e. The van der Waals surface area contributed by atoms with Crippen molar-refractivity contribution in [3.05, 3.63) is 18.0 Å². The molecule has 0 aliphatic carbocycles. The minimum Gasteiger partial charge on any atom is -0.370 e. The number of aliphatic imine (C=N–C) groups is 1. The minimum atomic E-state index is 0.549. The number of aromatic nitrogens is 2. The smallest absolute Gasteiger partial charge is 0.188 e. The summed E-state index contributed by atoms with van der Waals surface area (Å²) in [4.78, 5) is 4.16. The molecular formula is C11H21N5. The molecule has 1 aromatic heterocycles. The summed E-state index contributed by atoms with van der Waals surface area (Å²) in [6, 6.07) is 0. The lowest BCUT2D eigenvalue weighted by molar-refractivity contribution is 0.755. The van der Waals surface area contributed by atoms with Crippen LogP contribution in [0, 0.1) is 0 Å². The number of nitrogens with two attached hydrogens (primary N) is 1. The highest BCUT2D eigenvalue weighted by atomic mass is 15.2. The quantitative estimate of drug-likeness (QED) is 0.423. The van der Waals surface area contributed by atoms with E-state index < -0.39 is 0 Å². The second-order valence-corrected chi connectivity index (χ2v) is 3.82. The summed E-state index contributed by atoms with van der Waals surface area (Å²) in [6.45, 7) is 3.73. The molecule has 1 heterocycles. The van der Waals surface area contributed by atoms with Gasteiger partial charge in [-0.05, 0) is 24.8 Å². The summed E-state index contributed by atoms with van der Waals surface area (Å²) in [5.41, 5.74) is 6.92. The van der Waals surface area contributed by atoms with Crippen molar-refractivity contribution in [1.29, 1.82) is 0 Å². The third kappa shape index (κ3) is 4.82. The fourth-order valence-electron chi connectivity index (χ4n) is 1.40. The van der Waals surface area contributed by atoms with E-state index in [0.717, 1.165) is 32.4 Å². The van der Waals surface area contributed by atoms with Gasteiger partial charge in [0.2, 0.25) is 0 Å². The van der Waals surface area contributed by atoms with Crippen LogP contribution in [-0.2, 0) is 13.5 Å². The van der Waals surface area contributed by atoms with Crippen molar-refractivity contribution in [2.75, 3.05) is 13.1 Å². The van der Waals surface area contributed by atoms with Crippen LogP contribution in [-0.4, -0.2) is 28.8 Å². The molecule has 0 atom stereocenters. The second-order valence-electron chi connectivity index (χ2n) is 3.82. The van der Waals surface area contributed by atoms with E-state index in [1.165, 1.54) is 5.56 Å². The Morgan fingerprint density at radius 2 is 2.44 bits per heavy atom. The first kappa shape index (κ1) is 12.5. The first-order valence-electron chi connectivity index (χ1n) is 5.73. The third-order valence-corrected chi connectivity index (χ3v) is 2.21. The van der Waals surface area contributed by atoms with Crippen LogP contribution in [0.25, 0.3) is 0 Å². The normalized spacial score (nSPS) is 11.8. The van der Waals surface area contributed by atoms with Crippen molar-refractivity contribution in [3.63, 3.8) is 0 Å². The van der Waals surface area contributed by atoms with Gasteiger partial charge in [0.1, 0.15) is 0 Å². The Labute approximate surface area is 96.7 Å². The van der Waals surface area contributed by atoms with E-state index in [-0.39, 0.29) is 0 Å². The molecule has 0 amide bonds. The molecule has 3 N–H and O–H groups in total. The van der Waals surface area contributed by atoms with Gasteiger partial charge in [-0.15, -0.1) is 0 Å². The van der Waals surface area contributed by atoms with E-state index >= 15 is 0 Å². The van der Waals surface area contributed by atoms with E-state index in [1.807, 2.05) is 24.1 Å². The van der Waals surface area contributed by atoms with Crippen LogP contribution >= 0.6 is 0 Å². The number of guanidine groups is 1. The van der Waals surface area contributed by atoms with Crippen molar-refractivity contribution < 1.29 is 0 Å². The van der Waals surface area contributed by atoms with E-state index in [4.69, 9.17) is 5.73 Å². The van der Waals surface area contributed by atoms with Gasteiger partial charge in [-0.2, -0.15) is 5.10 Å². The van der Waals surface area contributed by atoms with E-state index in [1.54, 1.807) is 0 Å². The molecule has 90 valence electrons. The number of rotatable bonds is 6. The summed E-state index contributed by atoms with van der Waals surface area (Å²) in [5, 5.41) is 7.21. The molecule has 0 unspecified atom stereocenters. The number of nitrogens with zero attached hydrogens (tertiary/aromatic N) is 3. The Morgan fingerprint density at radius 1 is 1.62 bits per heavy atom. The Balaban J connectivity index is 2.12. The topological polar surface area (TPSA) is 68.2 Å². The maximum Gasteiger partial charge on any atom is 0.188 e. The molecule has 1 rings (SSSR count). The molecule has 0 bridgehead atoms. The number of hydrogen-bond donors (Lipinski definition) is 2. The van der Waals surface area contributed by atoms with Crippen molar-refractivity contribution in [3.8, 4) is 0 Å². The summed E-state index contributed by atoms with van der Waals surface area (Å²) in [5.74, 6) is 0.549. The van der Waals surface area contributed by atoms with Crippen LogP contribution in [0.3, 0.4) is 0 Å². The number of aryl methyl sites for hydroxylation is 2. The molecule has 0 spiro atoms. The Morgan fingerprint density at radius 3 is 3.06 bits per heavy atom. The maximum atomic E-state index is 5.67. The highest BCUT2D eigenvalue weighted by Gasteiger charge is 1.96. The molecule has 0 aromatic carbocycles. The maximum absolute atomic E-state index is 5.67. The molecule has 0 aliphatic rings. The summed E-state index contributed by atoms with van der Waals surface area (Å²) >= 11 is 0. The lowest BCUT2D eigenvalue weighted by Gasteiger charge is -2.04. The highest BCUT2D eigenvalue weighted by molar-refractivity contribution is 5.77. The first-order valence-corrected chi connectivity index (χ1v) is 5.73. The summed E-state index contributed by atoms with van der Waals surface area (Å²) < 4.78 is 1.82. The standard InChI is InChI=1S/C11H21N5/c1-3-6-13-11(12)14-7-4-5-10-8-15-16(2)9-10/h8-9H,3-7H2,1-2H3,(H3,12,13,14). The van der Waals surface area contributed by atoms with Gasteiger partial charge in [0.25, 0.3) is 0 Å². The van der Waals surface area contributed by atoms with Crippen LogP contribution in [0.1, 0.15) is 25.3 Å². The lowest BCUT2D eigenvalue weighted by Crippen LogP contribution is -2.32. The molecule has 0 aliphatic heterocycles. The van der Waals surface area contributed by atoms with Gasteiger partial charge in [-0.25, -0.2) is 0 Å². The van der Waals surface area contributed by atoms with Gasteiger partial charge in [-0.1, -0.05) is 6.92 Å². The molecule has 1 aromatic rings. The van der Waals surface area contributed by atoms with E-state index in [2.05, 4.69) is 22.3 Å². The third-order valence-electron chi connectivity index (χ3n) is 2.21. The lowest BCUT2D eigenvalue weighted by atomic mass is 10.2. The van der Waals surface area contributed by atoms with Crippen molar-refractivity contribution in [2.45, 2.75) is 26.2 Å². The summed E-state index contributed by atoms with van der Waals surface area (Å²) in [6.07, 6.45) is 7.01. The highest BCUT2D eigenvalue weighted by Crippen LogP contribution is 1.99. The molecule has 5 nitrogen and oxygen atoms in total. The van der Waals surface area contributed by atoms with Gasteiger partial charge in [0.15, 0.2) is 5.96 Å². The molecule has 5 heteroatoms. The van der Waals surface area contributed by atoms with Gasteiger partial charge < -0.3 is 11.1 Å². The average Bonchev–Trinajstić information content (AvgIpc) is 2.67. The van der Waals surface area contributed by atoms with Crippen LogP contribution in [0.2, 0.25) is 0 Å². The summed E-state index contributed by atoms with van der Waals surface area (Å²) in [7, 11) is 1.93. The zero-order valence-electron chi connectivity index (χ0n) is 10.1. The van der Waals surface area contributed by atoms with Gasteiger partial charge >= 0.3 is 0 Å². The minimum absolute atomic E-state index is 0.549. The van der Waals surface area contributed by atoms with Gasteiger partial charge in [-0.3, -0.25) is 9.67 Å². The molecule has 0 saturated carbocycles.